The van der Waals surface area contributed by atoms with Crippen molar-refractivity contribution in [2.24, 2.45) is 0 Å². The minimum atomic E-state index is -3.27. The number of rotatable bonds is 7. The van der Waals surface area contributed by atoms with E-state index in [9.17, 15) is 23.5 Å². The van der Waals surface area contributed by atoms with E-state index in [1.807, 2.05) is 23.1 Å². The van der Waals surface area contributed by atoms with Crippen molar-refractivity contribution in [2.75, 3.05) is 31.6 Å². The molecule has 0 spiro atoms. The Morgan fingerprint density at radius 2 is 2.00 bits per heavy atom. The highest BCUT2D eigenvalue weighted by Crippen LogP contribution is 2.42. The molecule has 0 aliphatic carbocycles. The number of pyridine rings is 1. The summed E-state index contributed by atoms with van der Waals surface area (Å²) in [4.78, 5) is 26.2. The minimum absolute atomic E-state index is 0.122. The summed E-state index contributed by atoms with van der Waals surface area (Å²) >= 11 is 0. The largest absolute Gasteiger partial charge is 0.496 e. The van der Waals surface area contributed by atoms with Crippen LogP contribution in [0.3, 0.4) is 0 Å². The number of carboxylic acids is 1. The number of piperazine rings is 1. The Kier molecular flexibility index (Phi) is 6.88. The van der Waals surface area contributed by atoms with E-state index in [1.165, 1.54) is 26.2 Å². The fraction of sp³-hybridized carbons (Fsp3) is 0.333. The molecule has 2 aromatic carbocycles. The van der Waals surface area contributed by atoms with E-state index in [-0.39, 0.29) is 29.2 Å². The number of aromatic nitrogens is 1. The third-order valence-electron chi connectivity index (χ3n) is 6.08. The molecule has 2 heterocycles. The fourth-order valence-corrected chi connectivity index (χ4v) is 4.60. The van der Waals surface area contributed by atoms with Gasteiger partial charge in [0.25, 0.3) is 0 Å². The summed E-state index contributed by atoms with van der Waals surface area (Å²) in [5.41, 5.74) is -1.37. The Hall–Kier alpha value is -3.73. The van der Waals surface area contributed by atoms with Crippen LogP contribution in [0.15, 0.2) is 41.2 Å². The van der Waals surface area contributed by atoms with E-state index in [2.05, 4.69) is 5.32 Å². The lowest BCUT2D eigenvalue weighted by atomic mass is 10.00. The predicted octanol–water partition coefficient (Wildman–Crippen LogP) is 3.62. The summed E-state index contributed by atoms with van der Waals surface area (Å²) in [5, 5.41) is 12.4. The van der Waals surface area contributed by atoms with Crippen molar-refractivity contribution in [1.29, 1.82) is 0 Å². The molecule has 0 saturated carbocycles. The van der Waals surface area contributed by atoms with E-state index in [0.717, 1.165) is 10.1 Å². The Bertz CT molecular complexity index is 1330. The molecule has 0 amide bonds. The molecule has 1 aromatic heterocycles. The van der Waals surface area contributed by atoms with Crippen LogP contribution >= 0.6 is 0 Å². The van der Waals surface area contributed by atoms with Gasteiger partial charge in [-0.05, 0) is 25.1 Å². The molecule has 4 rings (SSSR count). The average molecular weight is 491 g/mol. The number of fused-ring (bicyclic) bond motifs is 1. The highest BCUT2D eigenvalue weighted by Gasteiger charge is 2.32. The van der Waals surface area contributed by atoms with Crippen molar-refractivity contribution in [1.82, 2.24) is 9.88 Å². The van der Waals surface area contributed by atoms with Gasteiger partial charge in [-0.1, -0.05) is 18.2 Å². The summed E-state index contributed by atoms with van der Waals surface area (Å²) in [6.07, 6.45) is 0. The van der Waals surface area contributed by atoms with Crippen molar-refractivity contribution in [3.8, 4) is 11.5 Å². The fourth-order valence-electron chi connectivity index (χ4n) is 4.60. The molecule has 0 bridgehead atoms. The van der Waals surface area contributed by atoms with Gasteiger partial charge < -0.3 is 29.4 Å². The maximum atomic E-state index is 15.1. The molecule has 0 radical (unpaired) electrons. The van der Waals surface area contributed by atoms with Crippen LogP contribution in [0.1, 0.15) is 28.9 Å². The van der Waals surface area contributed by atoms with Crippen LogP contribution in [-0.4, -0.2) is 49.0 Å². The third kappa shape index (κ3) is 4.27. The number of carbonyl (C=O) groups is 1. The molecule has 35 heavy (non-hydrogen) atoms. The molecule has 1 aliphatic rings. The quantitative estimate of drug-likeness (QED) is 0.488. The Balaban J connectivity index is 2.02. The lowest BCUT2D eigenvalue weighted by Gasteiger charge is -2.39. The van der Waals surface area contributed by atoms with Gasteiger partial charge >= 0.3 is 12.6 Å². The van der Waals surface area contributed by atoms with Gasteiger partial charge in [0.1, 0.15) is 5.75 Å². The number of nitrogens with zero attached hydrogens (tertiary/aromatic N) is 2. The van der Waals surface area contributed by atoms with Crippen molar-refractivity contribution in [3.05, 3.63) is 63.7 Å². The Labute approximate surface area is 198 Å². The number of anilines is 1. The molecule has 1 aliphatic heterocycles. The molecule has 1 saturated heterocycles. The number of nitrogens with one attached hydrogen (secondary N) is 1. The van der Waals surface area contributed by atoms with E-state index < -0.39 is 35.3 Å². The molecule has 1 fully saturated rings. The molecule has 1 unspecified atom stereocenters. The number of hydrogen-bond acceptors (Lipinski definition) is 6. The van der Waals surface area contributed by atoms with Crippen molar-refractivity contribution in [3.63, 3.8) is 0 Å². The summed E-state index contributed by atoms with van der Waals surface area (Å²) in [5.74, 6) is -2.86. The number of benzene rings is 2. The summed E-state index contributed by atoms with van der Waals surface area (Å²) < 4.78 is 53.7. The van der Waals surface area contributed by atoms with Gasteiger partial charge in [-0.2, -0.15) is 13.2 Å². The smallest absolute Gasteiger partial charge is 0.387 e. The lowest BCUT2D eigenvalue weighted by Crippen LogP contribution is -2.46. The maximum absolute atomic E-state index is 15.1. The second-order valence-electron chi connectivity index (χ2n) is 7.89. The Morgan fingerprint density at radius 3 is 2.66 bits per heavy atom. The van der Waals surface area contributed by atoms with E-state index >= 15 is 4.39 Å². The van der Waals surface area contributed by atoms with Crippen LogP contribution in [0.4, 0.5) is 18.9 Å². The second-order valence-corrected chi connectivity index (χ2v) is 7.89. The van der Waals surface area contributed by atoms with Crippen LogP contribution in [0.2, 0.25) is 0 Å². The van der Waals surface area contributed by atoms with Crippen molar-refractivity contribution >= 4 is 22.6 Å². The molecular weight excluding hydrogens is 467 g/mol. The minimum Gasteiger partial charge on any atom is -0.496 e. The number of para-hydroxylation sites is 1. The van der Waals surface area contributed by atoms with E-state index in [1.54, 1.807) is 6.07 Å². The summed E-state index contributed by atoms with van der Waals surface area (Å²) in [6.45, 7) is -0.498. The lowest BCUT2D eigenvalue weighted by molar-refractivity contribution is -0.0488. The molecule has 3 aromatic rings. The standard InChI is InChI=1S/C24H24F3N3O5/c1-3-29-19-14(20(31)18(22(29)25)23(32)33)8-9-15(21(19)35-24(26)27)30-11-10-28-12-16(30)13-6-4-5-7-17(13)34-2/h4-9,16,24,28H,3,10-12H2,1-2H3,(H,32,33). The molecule has 186 valence electrons. The molecular formula is C24H24F3N3O5. The number of halogens is 3. The SMILES string of the molecule is CCn1c(F)c(C(=O)O)c(=O)c2ccc(N3CCNCC3c3ccccc3OC)c(OC(F)F)c21. The van der Waals surface area contributed by atoms with Gasteiger partial charge in [0, 0.05) is 31.7 Å². The topological polar surface area (TPSA) is 93.0 Å². The second kappa shape index (κ2) is 9.87. The molecule has 1 atom stereocenters. The van der Waals surface area contributed by atoms with Crippen LogP contribution < -0.4 is 25.1 Å². The highest BCUT2D eigenvalue weighted by atomic mass is 19.3. The van der Waals surface area contributed by atoms with Gasteiger partial charge in [0.2, 0.25) is 11.4 Å². The van der Waals surface area contributed by atoms with Crippen LogP contribution in [0.25, 0.3) is 10.9 Å². The van der Waals surface area contributed by atoms with Crippen LogP contribution in [-0.2, 0) is 6.54 Å². The van der Waals surface area contributed by atoms with Crippen LogP contribution in [0.5, 0.6) is 11.5 Å². The zero-order chi connectivity index (χ0) is 25.3. The first-order valence-corrected chi connectivity index (χ1v) is 11.0. The van der Waals surface area contributed by atoms with E-state index in [4.69, 9.17) is 9.47 Å². The van der Waals surface area contributed by atoms with Gasteiger partial charge in [0.15, 0.2) is 11.3 Å². The number of methoxy groups -OCH3 is 1. The normalized spacial score (nSPS) is 16.1. The number of carboxylic acid groups (broad SMARTS) is 1. The first kappa shape index (κ1) is 24.4. The van der Waals surface area contributed by atoms with Crippen molar-refractivity contribution < 1.29 is 32.5 Å². The van der Waals surface area contributed by atoms with Gasteiger partial charge in [-0.3, -0.25) is 4.79 Å². The predicted molar refractivity (Wildman–Crippen MR) is 123 cm³/mol. The number of ether oxygens (including phenoxy) is 2. The summed E-state index contributed by atoms with van der Waals surface area (Å²) in [6, 6.07) is 9.69. The first-order valence-electron chi connectivity index (χ1n) is 11.0. The number of hydrogen-bond donors (Lipinski definition) is 2. The first-order chi connectivity index (χ1) is 16.8. The highest BCUT2D eigenvalue weighted by molar-refractivity contribution is 5.97. The van der Waals surface area contributed by atoms with Crippen LogP contribution in [0, 0.1) is 5.95 Å². The number of aromatic carboxylic acids is 1. The Morgan fingerprint density at radius 1 is 1.26 bits per heavy atom. The van der Waals surface area contributed by atoms with Gasteiger partial charge in [-0.25, -0.2) is 4.79 Å². The van der Waals surface area contributed by atoms with Crippen molar-refractivity contribution in [2.45, 2.75) is 26.1 Å². The molecule has 11 heteroatoms. The zero-order valence-corrected chi connectivity index (χ0v) is 19.1. The molecule has 8 nitrogen and oxygen atoms in total. The number of aryl methyl sites for hydroxylation is 1. The van der Waals surface area contributed by atoms with Gasteiger partial charge in [0.05, 0.1) is 29.7 Å². The zero-order valence-electron chi connectivity index (χ0n) is 19.1. The monoisotopic (exact) mass is 491 g/mol. The third-order valence-corrected chi connectivity index (χ3v) is 6.08. The average Bonchev–Trinajstić information content (AvgIpc) is 2.84. The maximum Gasteiger partial charge on any atom is 0.387 e. The number of alkyl halides is 2. The van der Waals surface area contributed by atoms with E-state index in [0.29, 0.717) is 25.4 Å². The summed E-state index contributed by atoms with van der Waals surface area (Å²) in [7, 11) is 1.53. The van der Waals surface area contributed by atoms with Gasteiger partial charge in [-0.15, -0.1) is 0 Å². The molecule has 2 N–H and O–H groups in total.